The van der Waals surface area contributed by atoms with Crippen LogP contribution in [-0.4, -0.2) is 35.5 Å². The lowest BCUT2D eigenvalue weighted by Gasteiger charge is -2.30. The molecule has 1 saturated heterocycles. The SMILES string of the molecule is Cl.Cl.N[C@H]1CCCN(CCCc2ccc([N+](=O)[O-])cc2)C1. The van der Waals surface area contributed by atoms with Crippen molar-refractivity contribution in [1.29, 1.82) is 0 Å². The topological polar surface area (TPSA) is 72.4 Å². The Morgan fingerprint density at radius 1 is 1.29 bits per heavy atom. The number of piperidine rings is 1. The summed E-state index contributed by atoms with van der Waals surface area (Å²) in [7, 11) is 0. The van der Waals surface area contributed by atoms with Crippen LogP contribution in [0.25, 0.3) is 0 Å². The second-order valence-corrected chi connectivity index (χ2v) is 5.23. The number of hydrogen-bond acceptors (Lipinski definition) is 4. The van der Waals surface area contributed by atoms with Crippen molar-refractivity contribution in [2.45, 2.75) is 31.7 Å². The van der Waals surface area contributed by atoms with Gasteiger partial charge in [-0.3, -0.25) is 10.1 Å². The molecule has 7 heteroatoms. The van der Waals surface area contributed by atoms with Gasteiger partial charge < -0.3 is 10.6 Å². The summed E-state index contributed by atoms with van der Waals surface area (Å²) in [6, 6.07) is 7.17. The van der Waals surface area contributed by atoms with Crippen LogP contribution < -0.4 is 5.73 Å². The zero-order valence-corrected chi connectivity index (χ0v) is 13.6. The molecule has 1 aromatic rings. The van der Waals surface area contributed by atoms with E-state index in [1.165, 1.54) is 6.42 Å². The van der Waals surface area contributed by atoms with Gasteiger partial charge in [0.1, 0.15) is 0 Å². The molecule has 5 nitrogen and oxygen atoms in total. The van der Waals surface area contributed by atoms with E-state index in [1.807, 2.05) is 12.1 Å². The number of benzene rings is 1. The summed E-state index contributed by atoms with van der Waals surface area (Å²) in [4.78, 5) is 12.6. The number of aryl methyl sites for hydroxylation is 1. The van der Waals surface area contributed by atoms with Gasteiger partial charge in [-0.15, -0.1) is 24.8 Å². The third kappa shape index (κ3) is 6.61. The molecule has 1 fully saturated rings. The molecule has 21 heavy (non-hydrogen) atoms. The van der Waals surface area contributed by atoms with E-state index in [-0.39, 0.29) is 35.4 Å². The molecule has 0 radical (unpaired) electrons. The number of nitrogens with zero attached hydrogens (tertiary/aromatic N) is 2. The second kappa shape index (κ2) is 9.95. The Hall–Kier alpha value is -0.880. The zero-order valence-electron chi connectivity index (χ0n) is 11.9. The summed E-state index contributed by atoms with van der Waals surface area (Å²) >= 11 is 0. The molecule has 1 heterocycles. The predicted molar refractivity (Wildman–Crippen MR) is 89.6 cm³/mol. The van der Waals surface area contributed by atoms with Gasteiger partial charge in [-0.05, 0) is 44.3 Å². The highest BCUT2D eigenvalue weighted by atomic mass is 35.5. The summed E-state index contributed by atoms with van der Waals surface area (Å²) in [5.74, 6) is 0. The van der Waals surface area contributed by atoms with Gasteiger partial charge in [0.05, 0.1) is 4.92 Å². The Labute approximate surface area is 137 Å². The standard InChI is InChI=1S/C14H21N3O2.2ClH/c15-13-4-2-10-16(11-13)9-1-3-12-5-7-14(8-6-12)17(18)19;;/h5-8,13H,1-4,9-11,15H2;2*1H/t13-;;/m0../s1. The van der Waals surface area contributed by atoms with Crippen LogP contribution in [0, 0.1) is 10.1 Å². The van der Waals surface area contributed by atoms with Crippen LogP contribution in [0.5, 0.6) is 0 Å². The molecule has 1 atom stereocenters. The van der Waals surface area contributed by atoms with Crippen molar-refractivity contribution in [2.24, 2.45) is 5.73 Å². The zero-order chi connectivity index (χ0) is 13.7. The molecule has 0 spiro atoms. The molecular weight excluding hydrogens is 313 g/mol. The Morgan fingerprint density at radius 3 is 2.52 bits per heavy atom. The highest BCUT2D eigenvalue weighted by Crippen LogP contribution is 2.14. The number of nitro benzene ring substituents is 1. The van der Waals surface area contributed by atoms with Crippen LogP contribution in [0.4, 0.5) is 5.69 Å². The number of non-ortho nitro benzene ring substituents is 1. The maximum absolute atomic E-state index is 10.6. The summed E-state index contributed by atoms with van der Waals surface area (Å²) in [6.07, 6.45) is 4.37. The van der Waals surface area contributed by atoms with Gasteiger partial charge in [0.15, 0.2) is 0 Å². The first-order chi connectivity index (χ1) is 9.15. The summed E-state index contributed by atoms with van der Waals surface area (Å²) in [6.45, 7) is 3.21. The quantitative estimate of drug-likeness (QED) is 0.663. The smallest absolute Gasteiger partial charge is 0.269 e. The first-order valence-corrected chi connectivity index (χ1v) is 6.86. The molecule has 1 aromatic carbocycles. The fourth-order valence-corrected chi connectivity index (χ4v) is 2.59. The fourth-order valence-electron chi connectivity index (χ4n) is 2.59. The number of halogens is 2. The van der Waals surface area contributed by atoms with Crippen molar-refractivity contribution in [2.75, 3.05) is 19.6 Å². The maximum atomic E-state index is 10.6. The van der Waals surface area contributed by atoms with Gasteiger partial charge in [0, 0.05) is 24.7 Å². The van der Waals surface area contributed by atoms with E-state index >= 15 is 0 Å². The molecule has 120 valence electrons. The third-order valence-electron chi connectivity index (χ3n) is 3.63. The largest absolute Gasteiger partial charge is 0.327 e. The minimum atomic E-state index is -0.362. The van der Waals surface area contributed by atoms with Crippen molar-refractivity contribution in [3.8, 4) is 0 Å². The molecule has 1 aliphatic rings. The Balaban J connectivity index is 0.00000200. The number of hydrogen-bond donors (Lipinski definition) is 1. The second-order valence-electron chi connectivity index (χ2n) is 5.23. The summed E-state index contributed by atoms with van der Waals surface area (Å²) < 4.78 is 0. The van der Waals surface area contributed by atoms with Gasteiger partial charge >= 0.3 is 0 Å². The lowest BCUT2D eigenvalue weighted by atomic mass is 10.1. The number of rotatable bonds is 5. The number of nitrogens with two attached hydrogens (primary N) is 1. The van der Waals surface area contributed by atoms with E-state index in [2.05, 4.69) is 4.90 Å². The normalized spacial score (nSPS) is 18.4. The minimum Gasteiger partial charge on any atom is -0.327 e. The van der Waals surface area contributed by atoms with Crippen LogP contribution in [0.1, 0.15) is 24.8 Å². The van der Waals surface area contributed by atoms with Gasteiger partial charge in [0.2, 0.25) is 0 Å². The first kappa shape index (κ1) is 20.1. The molecule has 2 N–H and O–H groups in total. The molecular formula is C14H23Cl2N3O2. The Morgan fingerprint density at radius 2 is 1.95 bits per heavy atom. The third-order valence-corrected chi connectivity index (χ3v) is 3.63. The van der Waals surface area contributed by atoms with E-state index in [0.717, 1.165) is 44.5 Å². The van der Waals surface area contributed by atoms with E-state index < -0.39 is 0 Å². The lowest BCUT2D eigenvalue weighted by molar-refractivity contribution is -0.384. The van der Waals surface area contributed by atoms with Crippen molar-refractivity contribution in [1.82, 2.24) is 4.90 Å². The lowest BCUT2D eigenvalue weighted by Crippen LogP contribution is -2.43. The van der Waals surface area contributed by atoms with Crippen LogP contribution in [0.2, 0.25) is 0 Å². The van der Waals surface area contributed by atoms with E-state index in [1.54, 1.807) is 12.1 Å². The molecule has 0 saturated carbocycles. The van der Waals surface area contributed by atoms with Crippen molar-refractivity contribution < 1.29 is 4.92 Å². The van der Waals surface area contributed by atoms with Crippen molar-refractivity contribution >= 4 is 30.5 Å². The van der Waals surface area contributed by atoms with Crippen molar-refractivity contribution in [3.05, 3.63) is 39.9 Å². The molecule has 1 aliphatic heterocycles. The highest BCUT2D eigenvalue weighted by molar-refractivity contribution is 5.85. The van der Waals surface area contributed by atoms with Crippen LogP contribution in [0.15, 0.2) is 24.3 Å². The van der Waals surface area contributed by atoms with Crippen LogP contribution in [-0.2, 0) is 6.42 Å². The fraction of sp³-hybridized carbons (Fsp3) is 0.571. The molecule has 0 aliphatic carbocycles. The van der Waals surface area contributed by atoms with Crippen LogP contribution in [0.3, 0.4) is 0 Å². The Bertz CT molecular complexity index is 429. The van der Waals surface area contributed by atoms with Gasteiger partial charge in [-0.1, -0.05) is 12.1 Å². The Kier molecular flexibility index (Phi) is 9.53. The highest BCUT2D eigenvalue weighted by Gasteiger charge is 2.15. The van der Waals surface area contributed by atoms with Gasteiger partial charge in [-0.25, -0.2) is 0 Å². The summed E-state index contributed by atoms with van der Waals surface area (Å²) in [5.41, 5.74) is 7.26. The average Bonchev–Trinajstić information content (AvgIpc) is 2.39. The first-order valence-electron chi connectivity index (χ1n) is 6.86. The maximum Gasteiger partial charge on any atom is 0.269 e. The number of nitro groups is 1. The van der Waals surface area contributed by atoms with Gasteiger partial charge in [0.25, 0.3) is 5.69 Å². The molecule has 0 amide bonds. The molecule has 0 bridgehead atoms. The van der Waals surface area contributed by atoms with E-state index in [4.69, 9.17) is 5.73 Å². The van der Waals surface area contributed by atoms with Gasteiger partial charge in [-0.2, -0.15) is 0 Å². The molecule has 2 rings (SSSR count). The van der Waals surface area contributed by atoms with E-state index in [0.29, 0.717) is 6.04 Å². The average molecular weight is 336 g/mol. The monoisotopic (exact) mass is 335 g/mol. The molecule has 0 aromatic heterocycles. The van der Waals surface area contributed by atoms with Crippen LogP contribution >= 0.6 is 24.8 Å². The summed E-state index contributed by atoms with van der Waals surface area (Å²) in [5, 5.41) is 10.6. The molecule has 0 unspecified atom stereocenters. The van der Waals surface area contributed by atoms with Crippen molar-refractivity contribution in [3.63, 3.8) is 0 Å². The predicted octanol–water partition coefficient (Wildman–Crippen LogP) is 2.79. The minimum absolute atomic E-state index is 0. The number of likely N-dealkylation sites (tertiary alicyclic amines) is 1. The van der Waals surface area contributed by atoms with E-state index in [9.17, 15) is 10.1 Å².